The summed E-state index contributed by atoms with van der Waals surface area (Å²) in [7, 11) is 4.81. The molecule has 1 heterocycles. The predicted molar refractivity (Wildman–Crippen MR) is 107 cm³/mol. The van der Waals surface area contributed by atoms with Gasteiger partial charge in [0.15, 0.2) is 11.5 Å². The standard InChI is InChI=1S/C21H23N3O4/c1-14-7-5-9-16-19(14)22-13-24(21(16)26)12-18(25)23(2)11-15-8-6-10-17(27-3)20(15)28-4/h5-10,13H,11-12H2,1-4H3. The number of benzene rings is 2. The molecule has 0 N–H and O–H groups in total. The van der Waals surface area contributed by atoms with Gasteiger partial charge in [0.25, 0.3) is 5.56 Å². The first-order chi connectivity index (χ1) is 13.5. The second kappa shape index (κ2) is 8.12. The molecule has 7 nitrogen and oxygen atoms in total. The summed E-state index contributed by atoms with van der Waals surface area (Å²) in [5, 5.41) is 0.507. The Morgan fingerprint density at radius 2 is 1.89 bits per heavy atom. The molecule has 0 radical (unpaired) electrons. The van der Waals surface area contributed by atoms with Gasteiger partial charge in [0.2, 0.25) is 5.91 Å². The molecule has 0 aliphatic heterocycles. The van der Waals surface area contributed by atoms with Gasteiger partial charge < -0.3 is 14.4 Å². The number of rotatable bonds is 6. The molecule has 0 fully saturated rings. The third-order valence-corrected chi connectivity index (χ3v) is 4.68. The fourth-order valence-electron chi connectivity index (χ4n) is 3.14. The summed E-state index contributed by atoms with van der Waals surface area (Å²) in [6.07, 6.45) is 1.43. The number of para-hydroxylation sites is 2. The van der Waals surface area contributed by atoms with Crippen molar-refractivity contribution < 1.29 is 14.3 Å². The van der Waals surface area contributed by atoms with Crippen molar-refractivity contribution in [2.75, 3.05) is 21.3 Å². The highest BCUT2D eigenvalue weighted by Gasteiger charge is 2.16. The van der Waals surface area contributed by atoms with Crippen LogP contribution < -0.4 is 15.0 Å². The van der Waals surface area contributed by atoms with Crippen molar-refractivity contribution in [2.45, 2.75) is 20.0 Å². The second-order valence-electron chi connectivity index (χ2n) is 6.55. The normalized spacial score (nSPS) is 10.7. The quantitative estimate of drug-likeness (QED) is 0.655. The summed E-state index contributed by atoms with van der Waals surface area (Å²) in [6.45, 7) is 2.14. The molecule has 7 heteroatoms. The molecule has 0 aliphatic carbocycles. The van der Waals surface area contributed by atoms with Crippen LogP contribution in [0.2, 0.25) is 0 Å². The number of aryl methyl sites for hydroxylation is 1. The van der Waals surface area contributed by atoms with Gasteiger partial charge in [-0.3, -0.25) is 14.2 Å². The molecule has 0 saturated carbocycles. The van der Waals surface area contributed by atoms with Gasteiger partial charge in [-0.1, -0.05) is 24.3 Å². The maximum absolute atomic E-state index is 12.7. The zero-order valence-electron chi connectivity index (χ0n) is 16.4. The maximum atomic E-state index is 12.7. The van der Waals surface area contributed by atoms with Gasteiger partial charge in [-0.25, -0.2) is 4.98 Å². The molecule has 2 aromatic carbocycles. The average molecular weight is 381 g/mol. The zero-order chi connectivity index (χ0) is 20.3. The van der Waals surface area contributed by atoms with Gasteiger partial charge >= 0.3 is 0 Å². The summed E-state index contributed by atoms with van der Waals surface area (Å²) in [6, 6.07) is 11.0. The Morgan fingerprint density at radius 1 is 1.14 bits per heavy atom. The molecule has 3 aromatic rings. The van der Waals surface area contributed by atoms with Crippen LogP contribution in [-0.4, -0.2) is 41.6 Å². The van der Waals surface area contributed by atoms with E-state index in [1.165, 1.54) is 10.9 Å². The third kappa shape index (κ3) is 3.69. The van der Waals surface area contributed by atoms with Gasteiger partial charge in [-0.2, -0.15) is 0 Å². The highest BCUT2D eigenvalue weighted by atomic mass is 16.5. The Kier molecular flexibility index (Phi) is 5.63. The van der Waals surface area contributed by atoms with E-state index in [2.05, 4.69) is 4.98 Å². The molecule has 3 rings (SSSR count). The fourth-order valence-corrected chi connectivity index (χ4v) is 3.14. The average Bonchev–Trinajstić information content (AvgIpc) is 2.70. The van der Waals surface area contributed by atoms with Crippen LogP contribution in [0.3, 0.4) is 0 Å². The Morgan fingerprint density at radius 3 is 2.61 bits per heavy atom. The molecule has 146 valence electrons. The van der Waals surface area contributed by atoms with Crippen molar-refractivity contribution in [3.8, 4) is 11.5 Å². The molecule has 0 saturated heterocycles. The number of hydrogen-bond acceptors (Lipinski definition) is 5. The number of amides is 1. The fraction of sp³-hybridized carbons (Fsp3) is 0.286. The van der Waals surface area contributed by atoms with E-state index >= 15 is 0 Å². The van der Waals surface area contributed by atoms with E-state index in [4.69, 9.17) is 9.47 Å². The van der Waals surface area contributed by atoms with Crippen LogP contribution in [0.5, 0.6) is 11.5 Å². The predicted octanol–water partition coefficient (Wildman–Crippen LogP) is 2.38. The first-order valence-corrected chi connectivity index (χ1v) is 8.85. The molecule has 0 bridgehead atoms. The van der Waals surface area contributed by atoms with Crippen molar-refractivity contribution in [3.63, 3.8) is 0 Å². The lowest BCUT2D eigenvalue weighted by Gasteiger charge is -2.20. The van der Waals surface area contributed by atoms with E-state index in [1.54, 1.807) is 38.3 Å². The van der Waals surface area contributed by atoms with Crippen LogP contribution in [0.25, 0.3) is 10.9 Å². The summed E-state index contributed by atoms with van der Waals surface area (Å²) in [5.41, 5.74) is 2.17. The molecule has 0 spiro atoms. The van der Waals surface area contributed by atoms with E-state index in [9.17, 15) is 9.59 Å². The van der Waals surface area contributed by atoms with Gasteiger partial charge in [-0.15, -0.1) is 0 Å². The van der Waals surface area contributed by atoms with E-state index in [0.717, 1.165) is 11.1 Å². The van der Waals surface area contributed by atoms with Crippen LogP contribution in [0.1, 0.15) is 11.1 Å². The number of nitrogens with zero attached hydrogens (tertiary/aromatic N) is 3. The maximum Gasteiger partial charge on any atom is 0.261 e. The minimum absolute atomic E-state index is 0.0848. The minimum atomic E-state index is -0.227. The number of carbonyl (C=O) groups is 1. The number of methoxy groups -OCH3 is 2. The molecule has 0 unspecified atom stereocenters. The van der Waals surface area contributed by atoms with Gasteiger partial charge in [0.05, 0.1) is 31.4 Å². The van der Waals surface area contributed by atoms with Gasteiger partial charge in [0, 0.05) is 19.2 Å². The van der Waals surface area contributed by atoms with E-state index in [0.29, 0.717) is 28.9 Å². The van der Waals surface area contributed by atoms with E-state index in [1.807, 2.05) is 31.2 Å². The molecule has 1 amide bonds. The number of fused-ring (bicyclic) bond motifs is 1. The number of ether oxygens (including phenoxy) is 2. The van der Waals surface area contributed by atoms with Crippen molar-refractivity contribution >= 4 is 16.8 Å². The Hall–Kier alpha value is -3.35. The van der Waals surface area contributed by atoms with Crippen molar-refractivity contribution in [2.24, 2.45) is 0 Å². The van der Waals surface area contributed by atoms with Crippen LogP contribution in [0.4, 0.5) is 0 Å². The first kappa shape index (κ1) is 19.4. The molecule has 1 aromatic heterocycles. The lowest BCUT2D eigenvalue weighted by molar-refractivity contribution is -0.131. The highest BCUT2D eigenvalue weighted by Crippen LogP contribution is 2.31. The Bertz CT molecular complexity index is 1070. The van der Waals surface area contributed by atoms with Crippen molar-refractivity contribution in [3.05, 3.63) is 64.2 Å². The summed E-state index contributed by atoms with van der Waals surface area (Å²) in [4.78, 5) is 31.3. The topological polar surface area (TPSA) is 73.7 Å². The second-order valence-corrected chi connectivity index (χ2v) is 6.55. The molecule has 28 heavy (non-hydrogen) atoms. The number of aromatic nitrogens is 2. The largest absolute Gasteiger partial charge is 0.493 e. The molecular formula is C21H23N3O4. The smallest absolute Gasteiger partial charge is 0.261 e. The summed E-state index contributed by atoms with van der Waals surface area (Å²) in [5.74, 6) is 0.983. The number of likely N-dealkylation sites (N-methyl/N-ethyl adjacent to an activating group) is 1. The lowest BCUT2D eigenvalue weighted by atomic mass is 10.1. The minimum Gasteiger partial charge on any atom is -0.493 e. The number of hydrogen-bond donors (Lipinski definition) is 0. The monoisotopic (exact) mass is 381 g/mol. The zero-order valence-corrected chi connectivity index (χ0v) is 16.4. The molecular weight excluding hydrogens is 358 g/mol. The van der Waals surface area contributed by atoms with Crippen molar-refractivity contribution in [1.82, 2.24) is 14.5 Å². The van der Waals surface area contributed by atoms with Crippen LogP contribution >= 0.6 is 0 Å². The van der Waals surface area contributed by atoms with E-state index < -0.39 is 0 Å². The van der Waals surface area contributed by atoms with Crippen LogP contribution in [0.15, 0.2) is 47.5 Å². The van der Waals surface area contributed by atoms with Crippen LogP contribution in [-0.2, 0) is 17.9 Å². The summed E-state index contributed by atoms with van der Waals surface area (Å²) >= 11 is 0. The number of carbonyl (C=O) groups excluding carboxylic acids is 1. The highest BCUT2D eigenvalue weighted by molar-refractivity contribution is 5.81. The Balaban J connectivity index is 1.81. The lowest BCUT2D eigenvalue weighted by Crippen LogP contribution is -2.33. The summed E-state index contributed by atoms with van der Waals surface area (Å²) < 4.78 is 12.1. The van der Waals surface area contributed by atoms with Gasteiger partial charge in [0.1, 0.15) is 6.54 Å². The SMILES string of the molecule is COc1cccc(CN(C)C(=O)Cn2cnc3c(C)cccc3c2=O)c1OC. The first-order valence-electron chi connectivity index (χ1n) is 8.85. The van der Waals surface area contributed by atoms with E-state index in [-0.39, 0.29) is 18.0 Å². The van der Waals surface area contributed by atoms with Crippen molar-refractivity contribution in [1.29, 1.82) is 0 Å². The molecule has 0 aliphatic rings. The van der Waals surface area contributed by atoms with Crippen LogP contribution in [0, 0.1) is 6.92 Å². The Labute approximate surface area is 163 Å². The third-order valence-electron chi connectivity index (χ3n) is 4.68. The van der Waals surface area contributed by atoms with Gasteiger partial charge in [-0.05, 0) is 24.6 Å². The molecule has 0 atom stereocenters.